The molecule has 0 spiro atoms. The third-order valence-electron chi connectivity index (χ3n) is 4.14. The number of nitrogen functional groups attached to an aromatic ring is 1. The van der Waals surface area contributed by atoms with Crippen LogP contribution in [0.15, 0.2) is 54.6 Å². The number of halogens is 1. The molecule has 2 N–H and O–H groups in total. The molecule has 0 saturated carbocycles. The first kappa shape index (κ1) is 20.0. The Morgan fingerprint density at radius 2 is 1.62 bits per heavy atom. The summed E-state index contributed by atoms with van der Waals surface area (Å²) in [6, 6.07) is 18.2. The van der Waals surface area contributed by atoms with E-state index in [9.17, 15) is 4.79 Å². The summed E-state index contributed by atoms with van der Waals surface area (Å²) in [7, 11) is 1.89. The second-order valence-corrected chi connectivity index (χ2v) is 5.96. The SMILES string of the molecule is CN(CCCCc1ccccc1)C(=O)CCc1ccccc1N.Cl. The van der Waals surface area contributed by atoms with Crippen LogP contribution in [-0.2, 0) is 17.6 Å². The van der Waals surface area contributed by atoms with Crippen molar-refractivity contribution >= 4 is 24.0 Å². The van der Waals surface area contributed by atoms with Gasteiger partial charge in [-0.1, -0.05) is 48.5 Å². The van der Waals surface area contributed by atoms with Crippen LogP contribution in [-0.4, -0.2) is 24.4 Å². The molecule has 0 bridgehead atoms. The molecule has 2 aromatic rings. The summed E-state index contributed by atoms with van der Waals surface area (Å²) >= 11 is 0. The Morgan fingerprint density at radius 1 is 0.958 bits per heavy atom. The van der Waals surface area contributed by atoms with Crippen molar-refractivity contribution in [2.24, 2.45) is 0 Å². The zero-order valence-corrected chi connectivity index (χ0v) is 15.1. The summed E-state index contributed by atoms with van der Waals surface area (Å²) < 4.78 is 0. The summed E-state index contributed by atoms with van der Waals surface area (Å²) in [5.41, 5.74) is 9.10. The lowest BCUT2D eigenvalue weighted by molar-refractivity contribution is -0.129. The fraction of sp³-hybridized carbons (Fsp3) is 0.350. The van der Waals surface area contributed by atoms with Gasteiger partial charge in [0.15, 0.2) is 0 Å². The molecule has 0 aliphatic heterocycles. The van der Waals surface area contributed by atoms with Gasteiger partial charge in [0.25, 0.3) is 0 Å². The molecule has 0 saturated heterocycles. The molecule has 0 aliphatic rings. The van der Waals surface area contributed by atoms with Crippen molar-refractivity contribution in [1.82, 2.24) is 4.90 Å². The number of carbonyl (C=O) groups excluding carboxylic acids is 1. The van der Waals surface area contributed by atoms with Gasteiger partial charge >= 0.3 is 0 Å². The molecular formula is C20H27ClN2O. The van der Waals surface area contributed by atoms with Crippen LogP contribution in [0.4, 0.5) is 5.69 Å². The van der Waals surface area contributed by atoms with Crippen LogP contribution in [0.1, 0.15) is 30.4 Å². The Hall–Kier alpha value is -2.00. The average Bonchev–Trinajstić information content (AvgIpc) is 2.58. The number of para-hydroxylation sites is 1. The molecule has 0 aromatic heterocycles. The number of anilines is 1. The molecule has 1 amide bonds. The molecular weight excluding hydrogens is 320 g/mol. The fourth-order valence-corrected chi connectivity index (χ4v) is 2.64. The van der Waals surface area contributed by atoms with E-state index in [1.807, 2.05) is 42.3 Å². The van der Waals surface area contributed by atoms with E-state index < -0.39 is 0 Å². The van der Waals surface area contributed by atoms with Gasteiger partial charge in [-0.3, -0.25) is 4.79 Å². The van der Waals surface area contributed by atoms with Crippen LogP contribution in [0, 0.1) is 0 Å². The van der Waals surface area contributed by atoms with Gasteiger partial charge in [0.1, 0.15) is 0 Å². The van der Waals surface area contributed by atoms with Gasteiger partial charge in [-0.2, -0.15) is 0 Å². The Labute approximate surface area is 151 Å². The molecule has 2 aromatic carbocycles. The number of amides is 1. The van der Waals surface area contributed by atoms with Gasteiger partial charge in [-0.05, 0) is 42.9 Å². The highest BCUT2D eigenvalue weighted by Gasteiger charge is 2.09. The summed E-state index contributed by atoms with van der Waals surface area (Å²) in [6.45, 7) is 0.815. The van der Waals surface area contributed by atoms with Gasteiger partial charge in [-0.25, -0.2) is 0 Å². The van der Waals surface area contributed by atoms with Gasteiger partial charge in [0, 0.05) is 25.7 Å². The Bertz CT molecular complexity index is 616. The maximum atomic E-state index is 12.2. The van der Waals surface area contributed by atoms with Crippen molar-refractivity contribution < 1.29 is 4.79 Å². The van der Waals surface area contributed by atoms with Crippen molar-refractivity contribution in [1.29, 1.82) is 0 Å². The number of hydrogen-bond acceptors (Lipinski definition) is 2. The lowest BCUT2D eigenvalue weighted by atomic mass is 10.1. The Morgan fingerprint density at radius 3 is 2.33 bits per heavy atom. The predicted molar refractivity (Wildman–Crippen MR) is 103 cm³/mol. The van der Waals surface area contributed by atoms with Crippen LogP contribution in [0.2, 0.25) is 0 Å². The number of nitrogens with zero attached hydrogens (tertiary/aromatic N) is 1. The minimum atomic E-state index is 0. The molecule has 0 radical (unpaired) electrons. The van der Waals surface area contributed by atoms with Gasteiger partial charge in [0.05, 0.1) is 0 Å². The van der Waals surface area contributed by atoms with E-state index in [1.54, 1.807) is 0 Å². The van der Waals surface area contributed by atoms with E-state index in [0.717, 1.165) is 37.1 Å². The molecule has 0 atom stereocenters. The standard InChI is InChI=1S/C20H26N2O.ClH/c1-22(16-8-7-11-17-9-3-2-4-10-17)20(23)15-14-18-12-5-6-13-19(18)21;/h2-6,9-10,12-13H,7-8,11,14-16,21H2,1H3;1H. The lowest BCUT2D eigenvalue weighted by Gasteiger charge is -2.17. The first-order chi connectivity index (χ1) is 11.2. The number of unbranched alkanes of at least 4 members (excludes halogenated alkanes) is 1. The molecule has 4 heteroatoms. The van der Waals surface area contributed by atoms with Gasteiger partial charge in [0.2, 0.25) is 5.91 Å². The van der Waals surface area contributed by atoms with E-state index in [-0.39, 0.29) is 18.3 Å². The molecule has 0 unspecified atom stereocenters. The molecule has 24 heavy (non-hydrogen) atoms. The number of nitrogens with two attached hydrogens (primary N) is 1. The van der Waals surface area contributed by atoms with Gasteiger partial charge < -0.3 is 10.6 Å². The zero-order chi connectivity index (χ0) is 16.5. The van der Waals surface area contributed by atoms with E-state index in [0.29, 0.717) is 12.8 Å². The Kier molecular flexibility index (Phi) is 8.95. The highest BCUT2D eigenvalue weighted by atomic mass is 35.5. The highest BCUT2D eigenvalue weighted by molar-refractivity contribution is 5.85. The first-order valence-electron chi connectivity index (χ1n) is 8.28. The fourth-order valence-electron chi connectivity index (χ4n) is 2.64. The number of aryl methyl sites for hydroxylation is 2. The smallest absolute Gasteiger partial charge is 0.222 e. The predicted octanol–water partition coefficient (Wildman–Crippen LogP) is 4.10. The monoisotopic (exact) mass is 346 g/mol. The molecule has 0 fully saturated rings. The second-order valence-electron chi connectivity index (χ2n) is 5.96. The van der Waals surface area contributed by atoms with E-state index in [2.05, 4.69) is 24.3 Å². The van der Waals surface area contributed by atoms with Crippen LogP contribution >= 0.6 is 12.4 Å². The van der Waals surface area contributed by atoms with Crippen LogP contribution in [0.5, 0.6) is 0 Å². The van der Waals surface area contributed by atoms with Crippen molar-refractivity contribution in [3.05, 3.63) is 65.7 Å². The minimum Gasteiger partial charge on any atom is -0.399 e. The van der Waals surface area contributed by atoms with E-state index >= 15 is 0 Å². The van der Waals surface area contributed by atoms with Crippen molar-refractivity contribution in [3.63, 3.8) is 0 Å². The largest absolute Gasteiger partial charge is 0.399 e. The summed E-state index contributed by atoms with van der Waals surface area (Å²) in [5, 5.41) is 0. The third kappa shape index (κ3) is 6.63. The normalized spacial score (nSPS) is 10.0. The Balaban J connectivity index is 0.00000288. The lowest BCUT2D eigenvalue weighted by Crippen LogP contribution is -2.28. The second kappa shape index (κ2) is 10.7. The summed E-state index contributed by atoms with van der Waals surface area (Å²) in [4.78, 5) is 14.0. The minimum absolute atomic E-state index is 0. The quantitative estimate of drug-likeness (QED) is 0.577. The number of carbonyl (C=O) groups is 1. The third-order valence-corrected chi connectivity index (χ3v) is 4.14. The van der Waals surface area contributed by atoms with E-state index in [1.165, 1.54) is 5.56 Å². The highest BCUT2D eigenvalue weighted by Crippen LogP contribution is 2.13. The molecule has 0 heterocycles. The number of rotatable bonds is 8. The molecule has 2 rings (SSSR count). The van der Waals surface area contributed by atoms with Crippen molar-refractivity contribution in [2.75, 3.05) is 19.3 Å². The van der Waals surface area contributed by atoms with Crippen LogP contribution in [0.3, 0.4) is 0 Å². The summed E-state index contributed by atoms with van der Waals surface area (Å²) in [5.74, 6) is 0.188. The van der Waals surface area contributed by atoms with Gasteiger partial charge in [-0.15, -0.1) is 12.4 Å². The van der Waals surface area contributed by atoms with Crippen molar-refractivity contribution in [2.45, 2.75) is 32.1 Å². The van der Waals surface area contributed by atoms with E-state index in [4.69, 9.17) is 5.73 Å². The first-order valence-corrected chi connectivity index (χ1v) is 8.28. The summed E-state index contributed by atoms with van der Waals surface area (Å²) in [6.07, 6.45) is 4.44. The zero-order valence-electron chi connectivity index (χ0n) is 14.3. The van der Waals surface area contributed by atoms with Crippen LogP contribution < -0.4 is 5.73 Å². The topological polar surface area (TPSA) is 46.3 Å². The van der Waals surface area contributed by atoms with Crippen LogP contribution in [0.25, 0.3) is 0 Å². The number of benzene rings is 2. The molecule has 0 aliphatic carbocycles. The maximum Gasteiger partial charge on any atom is 0.222 e. The molecule has 3 nitrogen and oxygen atoms in total. The van der Waals surface area contributed by atoms with Crippen molar-refractivity contribution in [3.8, 4) is 0 Å². The number of hydrogen-bond donors (Lipinski definition) is 1. The maximum absolute atomic E-state index is 12.2. The average molecular weight is 347 g/mol. The molecule has 130 valence electrons.